The maximum absolute atomic E-state index is 14.9. The molecular weight excluding hydrogens is 954 g/mol. The van der Waals surface area contributed by atoms with Crippen LogP contribution in [0.2, 0.25) is 5.02 Å². The third kappa shape index (κ3) is 12.1. The number of piperidine rings is 1. The van der Waals surface area contributed by atoms with E-state index in [0.29, 0.717) is 126 Å². The van der Waals surface area contributed by atoms with Crippen LogP contribution in [0.1, 0.15) is 67.4 Å². The Balaban J connectivity index is 0.697. The van der Waals surface area contributed by atoms with E-state index in [1.807, 2.05) is 29.0 Å². The Kier molecular flexibility index (Phi) is 15.6. The number of halogens is 5. The molecule has 2 aromatic carbocycles. The molecular formula is C52H58ClF4N11O4. The second-order valence-corrected chi connectivity index (χ2v) is 19.0. The average molecular weight is 1010 g/mol. The number of unbranched alkanes of at least 4 members (excludes halogenated alkanes) is 2. The van der Waals surface area contributed by atoms with Crippen LogP contribution in [0.4, 0.5) is 34.8 Å². The lowest BCUT2D eigenvalue weighted by Gasteiger charge is -2.35. The van der Waals surface area contributed by atoms with Crippen molar-refractivity contribution in [1.82, 2.24) is 39.6 Å². The molecule has 2 amide bonds. The monoisotopic (exact) mass is 1010 g/mol. The SMILES string of the molecule is COc1cc(C(=O)NCCCCCC(=O)N2CCN(c3ccc(-c4nc5nc(OC6CCC6)[nH]c5cc4Cl)cn3)CC2)ccc1NCC#Cc1cc2c(N[C@@H]3CCN(C)C[C@@H]3F)cccc2n1CC(F)(F)F. The van der Waals surface area contributed by atoms with E-state index in [-0.39, 0.29) is 36.7 Å². The number of H-pyrrole nitrogens is 1. The zero-order chi connectivity index (χ0) is 50.4. The largest absolute Gasteiger partial charge is 0.495 e. The van der Waals surface area contributed by atoms with Gasteiger partial charge in [0.1, 0.15) is 30.4 Å². The lowest BCUT2D eigenvalue weighted by atomic mass is 9.96. The van der Waals surface area contributed by atoms with Gasteiger partial charge in [-0.1, -0.05) is 30.0 Å². The number of pyridine rings is 2. The molecule has 6 heterocycles. The fourth-order valence-electron chi connectivity index (χ4n) is 9.27. The molecule has 3 aliphatic rings. The number of likely N-dealkylation sites (tertiary alicyclic amines) is 1. The van der Waals surface area contributed by atoms with Crippen LogP contribution in [-0.4, -0.2) is 137 Å². The van der Waals surface area contributed by atoms with E-state index in [2.05, 4.69) is 42.7 Å². The predicted molar refractivity (Wildman–Crippen MR) is 271 cm³/mol. The number of carbonyl (C=O) groups excluding carboxylic acids is 2. The molecule has 0 bridgehead atoms. The van der Waals surface area contributed by atoms with Crippen LogP contribution >= 0.6 is 11.6 Å². The molecule has 15 nitrogen and oxygen atoms in total. The van der Waals surface area contributed by atoms with Crippen LogP contribution in [0.15, 0.2) is 66.9 Å². The third-order valence-electron chi connectivity index (χ3n) is 13.5. The number of nitrogens with zero attached hydrogens (tertiary/aromatic N) is 7. The Morgan fingerprint density at radius 1 is 0.958 bits per heavy atom. The molecule has 4 aromatic heterocycles. The fraction of sp³-hybridized carbons (Fsp3) is 0.442. The van der Waals surface area contributed by atoms with Gasteiger partial charge < -0.3 is 49.7 Å². The fourth-order valence-corrected chi connectivity index (χ4v) is 9.53. The van der Waals surface area contributed by atoms with Gasteiger partial charge in [-0.3, -0.25) is 9.59 Å². The molecule has 2 atom stereocenters. The number of hydrogen-bond donors (Lipinski definition) is 4. The number of aromatic nitrogens is 5. The van der Waals surface area contributed by atoms with Crippen LogP contribution in [0.25, 0.3) is 33.3 Å². The Morgan fingerprint density at radius 2 is 1.79 bits per heavy atom. The second kappa shape index (κ2) is 22.3. The summed E-state index contributed by atoms with van der Waals surface area (Å²) >= 11 is 6.63. The van der Waals surface area contributed by atoms with Crippen LogP contribution in [0.5, 0.6) is 11.8 Å². The van der Waals surface area contributed by atoms with Gasteiger partial charge in [-0.2, -0.15) is 18.2 Å². The smallest absolute Gasteiger partial charge is 0.406 e. The number of fused-ring (bicyclic) bond motifs is 2. The third-order valence-corrected chi connectivity index (χ3v) is 13.8. The van der Waals surface area contributed by atoms with Crippen molar-refractivity contribution in [1.29, 1.82) is 0 Å². The summed E-state index contributed by atoms with van der Waals surface area (Å²) in [5.41, 5.74) is 4.63. The lowest BCUT2D eigenvalue weighted by Crippen LogP contribution is -2.49. The summed E-state index contributed by atoms with van der Waals surface area (Å²) < 4.78 is 68.8. The minimum Gasteiger partial charge on any atom is -0.495 e. The number of alkyl halides is 4. The van der Waals surface area contributed by atoms with Crippen molar-refractivity contribution < 1.29 is 36.6 Å². The van der Waals surface area contributed by atoms with Crippen molar-refractivity contribution in [3.63, 3.8) is 0 Å². The van der Waals surface area contributed by atoms with Crippen molar-refractivity contribution >= 4 is 62.7 Å². The Hall–Kier alpha value is -6.78. The maximum Gasteiger partial charge on any atom is 0.406 e. The minimum absolute atomic E-state index is 0.0727. The Bertz CT molecular complexity index is 2940. The number of methoxy groups -OCH3 is 1. The second-order valence-electron chi connectivity index (χ2n) is 18.6. The van der Waals surface area contributed by atoms with Crippen molar-refractivity contribution in [2.24, 2.45) is 0 Å². The van der Waals surface area contributed by atoms with E-state index in [0.717, 1.165) is 41.6 Å². The van der Waals surface area contributed by atoms with Gasteiger partial charge >= 0.3 is 6.18 Å². The van der Waals surface area contributed by atoms with Crippen molar-refractivity contribution in [3.8, 4) is 34.9 Å². The van der Waals surface area contributed by atoms with Gasteiger partial charge in [-0.15, -0.1) is 0 Å². The highest BCUT2D eigenvalue weighted by Crippen LogP contribution is 2.34. The summed E-state index contributed by atoms with van der Waals surface area (Å²) in [4.78, 5) is 49.2. The zero-order valence-corrected chi connectivity index (χ0v) is 41.0. The normalized spacial score (nSPS) is 17.6. The summed E-state index contributed by atoms with van der Waals surface area (Å²) in [7, 11) is 3.33. The number of hydrogen-bond acceptors (Lipinski definition) is 11. The van der Waals surface area contributed by atoms with Gasteiger partial charge in [0.2, 0.25) is 5.91 Å². The number of aromatic amines is 1. The Labute approximate surface area is 420 Å². The molecule has 9 rings (SSSR count). The molecule has 72 heavy (non-hydrogen) atoms. The number of amides is 2. The first-order valence-corrected chi connectivity index (χ1v) is 24.9. The highest BCUT2D eigenvalue weighted by Gasteiger charge is 2.32. The first kappa shape index (κ1) is 50.2. The van der Waals surface area contributed by atoms with E-state index in [9.17, 15) is 27.2 Å². The molecule has 380 valence electrons. The number of rotatable bonds is 17. The van der Waals surface area contributed by atoms with Crippen LogP contribution < -0.4 is 30.3 Å². The molecule has 0 unspecified atom stereocenters. The number of nitrogens with one attached hydrogen (secondary N) is 4. The molecule has 0 spiro atoms. The minimum atomic E-state index is -4.50. The highest BCUT2D eigenvalue weighted by molar-refractivity contribution is 6.33. The highest BCUT2D eigenvalue weighted by atomic mass is 35.5. The summed E-state index contributed by atoms with van der Waals surface area (Å²) in [5.74, 6) is 6.86. The molecule has 6 aromatic rings. The average Bonchev–Trinajstić information content (AvgIpc) is 3.92. The summed E-state index contributed by atoms with van der Waals surface area (Å²) in [6.07, 6.45) is 2.71. The van der Waals surface area contributed by atoms with E-state index in [1.54, 1.807) is 54.7 Å². The predicted octanol–water partition coefficient (Wildman–Crippen LogP) is 8.69. The van der Waals surface area contributed by atoms with Gasteiger partial charge in [0.25, 0.3) is 11.9 Å². The molecule has 2 aliphatic heterocycles. The topological polar surface area (TPSA) is 158 Å². The van der Waals surface area contributed by atoms with Crippen LogP contribution in [0, 0.1) is 11.8 Å². The first-order chi connectivity index (χ1) is 34.8. The van der Waals surface area contributed by atoms with Gasteiger partial charge in [-0.25, -0.2) is 14.4 Å². The van der Waals surface area contributed by atoms with Gasteiger partial charge in [-0.05, 0) is 106 Å². The van der Waals surface area contributed by atoms with E-state index in [4.69, 9.17) is 31.0 Å². The summed E-state index contributed by atoms with van der Waals surface area (Å²) in [6.45, 7) is 2.77. The van der Waals surface area contributed by atoms with Crippen molar-refractivity contribution in [3.05, 3.63) is 83.1 Å². The number of benzene rings is 2. The summed E-state index contributed by atoms with van der Waals surface area (Å²) in [5, 5.41) is 10.3. The molecule has 0 radical (unpaired) electrons. The summed E-state index contributed by atoms with van der Waals surface area (Å²) in [6, 6.07) is 17.3. The number of piperazine rings is 1. The molecule has 20 heteroatoms. The zero-order valence-electron chi connectivity index (χ0n) is 40.3. The molecule has 2 saturated heterocycles. The van der Waals surface area contributed by atoms with Gasteiger partial charge in [0.05, 0.1) is 52.8 Å². The molecule has 4 N–H and O–H groups in total. The number of anilines is 3. The maximum atomic E-state index is 14.9. The van der Waals surface area contributed by atoms with E-state index in [1.165, 1.54) is 7.11 Å². The lowest BCUT2D eigenvalue weighted by molar-refractivity contribution is -0.140. The van der Waals surface area contributed by atoms with Crippen LogP contribution in [-0.2, 0) is 11.3 Å². The number of carbonyl (C=O) groups is 2. The van der Waals surface area contributed by atoms with E-state index >= 15 is 0 Å². The van der Waals surface area contributed by atoms with Gasteiger partial charge in [0, 0.05) is 80.6 Å². The molecule has 1 aliphatic carbocycles. The van der Waals surface area contributed by atoms with Crippen molar-refractivity contribution in [2.75, 3.05) is 82.0 Å². The standard InChI is InChI=1S/C52H58ClF4N11O4/c1-65-22-19-41(39(54)31-65)61-40-12-7-13-44-37(40)28-35(68(44)32-52(55,56)57)9-8-21-58-42-17-15-33(27-45(42)71-2)50(70)59-20-5-3-4-14-47(69)67-25-23-66(24-26-67)46-18-16-34(30-60-46)48-38(53)29-43-49(63-48)64-51(62-43)72-36-10-6-11-36/h7,12-13,15-18,27-30,36,39,41,58,61H,3-6,10-11,14,19-26,31-32H2,1-2H3,(H,59,70)(H,62,63,64)/t39-,41+/m0/s1. The molecule has 1 saturated carbocycles. The van der Waals surface area contributed by atoms with E-state index < -0.39 is 24.9 Å². The van der Waals surface area contributed by atoms with Gasteiger partial charge in [0.15, 0.2) is 5.65 Å². The first-order valence-electron chi connectivity index (χ1n) is 24.5. The van der Waals surface area contributed by atoms with Crippen molar-refractivity contribution in [2.45, 2.75) is 82.4 Å². The quantitative estimate of drug-likeness (QED) is 0.0394. The number of imidazole rings is 1. The van der Waals surface area contributed by atoms with Crippen LogP contribution in [0.3, 0.4) is 0 Å². The Morgan fingerprint density at radius 3 is 2.53 bits per heavy atom. The molecule has 3 fully saturated rings. The number of ether oxygens (including phenoxy) is 2.